The second-order valence-corrected chi connectivity index (χ2v) is 2.51. The molecular weight excluding hydrogens is 158 g/mol. The fraction of sp³-hybridized carbons (Fsp3) is 0.429. The fourth-order valence-electron chi connectivity index (χ4n) is 1.04. The van der Waals surface area contributed by atoms with Crippen LogP contribution in [0.25, 0.3) is 0 Å². The van der Waals surface area contributed by atoms with Crippen LogP contribution in [-0.2, 0) is 13.6 Å². The van der Waals surface area contributed by atoms with Gasteiger partial charge in [0.25, 0.3) is 0 Å². The number of aromatic nitrogens is 2. The number of aromatic carboxylic acids is 1. The molecule has 0 unspecified atom stereocenters. The smallest absolute Gasteiger partial charge is 0.356 e. The quantitative estimate of drug-likeness (QED) is 0.659. The molecular formula is C7H11N3O2. The van der Waals surface area contributed by atoms with Crippen LogP contribution in [0.1, 0.15) is 16.1 Å². The predicted octanol–water partition coefficient (Wildman–Crippen LogP) is -0.162. The fourth-order valence-corrected chi connectivity index (χ4v) is 1.04. The van der Waals surface area contributed by atoms with E-state index in [1.807, 2.05) is 0 Å². The molecule has 0 saturated carbocycles. The Morgan fingerprint density at radius 3 is 3.00 bits per heavy atom. The summed E-state index contributed by atoms with van der Waals surface area (Å²) in [6.45, 7) is 0.523. The summed E-state index contributed by atoms with van der Waals surface area (Å²) in [5, 5.41) is 15.4. The second-order valence-electron chi connectivity index (χ2n) is 2.51. The molecule has 1 rings (SSSR count). The highest BCUT2D eigenvalue weighted by Gasteiger charge is 2.13. The van der Waals surface area contributed by atoms with Crippen molar-refractivity contribution in [1.82, 2.24) is 15.1 Å². The number of nitrogens with one attached hydrogen (secondary N) is 1. The molecule has 5 heteroatoms. The first-order valence-corrected chi connectivity index (χ1v) is 3.55. The van der Waals surface area contributed by atoms with Crippen molar-refractivity contribution in [2.75, 3.05) is 7.05 Å². The third kappa shape index (κ3) is 1.62. The molecule has 0 atom stereocenters. The number of hydrogen-bond acceptors (Lipinski definition) is 3. The van der Waals surface area contributed by atoms with Crippen LogP contribution in [0.2, 0.25) is 0 Å². The van der Waals surface area contributed by atoms with Gasteiger partial charge in [-0.1, -0.05) is 0 Å². The standard InChI is InChI=1S/C7H11N3O2/c1-8-3-5-4-10(2)9-6(5)7(11)12/h4,8H,3H2,1-2H3,(H,11,12). The van der Waals surface area contributed by atoms with Gasteiger partial charge in [0.05, 0.1) is 0 Å². The Balaban J connectivity index is 2.99. The van der Waals surface area contributed by atoms with E-state index < -0.39 is 5.97 Å². The van der Waals surface area contributed by atoms with Crippen LogP contribution in [-0.4, -0.2) is 27.9 Å². The van der Waals surface area contributed by atoms with Gasteiger partial charge in [-0.25, -0.2) is 4.79 Å². The molecule has 0 aliphatic carbocycles. The van der Waals surface area contributed by atoms with Gasteiger partial charge >= 0.3 is 5.97 Å². The molecule has 0 saturated heterocycles. The Kier molecular flexibility index (Phi) is 2.44. The lowest BCUT2D eigenvalue weighted by atomic mass is 10.2. The van der Waals surface area contributed by atoms with E-state index >= 15 is 0 Å². The largest absolute Gasteiger partial charge is 0.476 e. The number of carboxylic acids is 1. The molecule has 66 valence electrons. The zero-order chi connectivity index (χ0) is 9.14. The molecule has 0 radical (unpaired) electrons. The Labute approximate surface area is 70.0 Å². The van der Waals surface area contributed by atoms with Crippen LogP contribution in [0, 0.1) is 0 Å². The van der Waals surface area contributed by atoms with Gasteiger partial charge in [0.2, 0.25) is 0 Å². The number of rotatable bonds is 3. The summed E-state index contributed by atoms with van der Waals surface area (Å²) in [5.74, 6) is -0.985. The molecule has 5 nitrogen and oxygen atoms in total. The summed E-state index contributed by atoms with van der Waals surface area (Å²) in [7, 11) is 3.46. The molecule has 1 aromatic heterocycles. The first-order valence-electron chi connectivity index (χ1n) is 3.55. The minimum atomic E-state index is -0.985. The van der Waals surface area contributed by atoms with Gasteiger partial charge in [-0.3, -0.25) is 4.68 Å². The summed E-state index contributed by atoms with van der Waals surface area (Å²) in [6.07, 6.45) is 1.69. The molecule has 12 heavy (non-hydrogen) atoms. The average Bonchev–Trinajstić information content (AvgIpc) is 2.32. The lowest BCUT2D eigenvalue weighted by Crippen LogP contribution is -2.09. The van der Waals surface area contributed by atoms with Gasteiger partial charge in [-0.05, 0) is 7.05 Å². The average molecular weight is 169 g/mol. The molecule has 0 spiro atoms. The van der Waals surface area contributed by atoms with Gasteiger partial charge in [0.1, 0.15) is 0 Å². The molecule has 0 aliphatic heterocycles. The maximum Gasteiger partial charge on any atom is 0.356 e. The van der Waals surface area contributed by atoms with E-state index in [1.165, 1.54) is 4.68 Å². The number of nitrogens with zero attached hydrogens (tertiary/aromatic N) is 2. The highest BCUT2D eigenvalue weighted by Crippen LogP contribution is 2.05. The van der Waals surface area contributed by atoms with Crippen molar-refractivity contribution in [3.8, 4) is 0 Å². The van der Waals surface area contributed by atoms with Gasteiger partial charge in [0.15, 0.2) is 5.69 Å². The van der Waals surface area contributed by atoms with Gasteiger partial charge in [-0.15, -0.1) is 0 Å². The summed E-state index contributed by atoms with van der Waals surface area (Å²) in [4.78, 5) is 10.6. The van der Waals surface area contributed by atoms with E-state index in [9.17, 15) is 4.79 Å². The van der Waals surface area contributed by atoms with Crippen LogP contribution >= 0.6 is 0 Å². The molecule has 0 aromatic carbocycles. The van der Waals surface area contributed by atoms with Crippen LogP contribution in [0.5, 0.6) is 0 Å². The first-order chi connectivity index (χ1) is 5.65. The molecule has 0 fully saturated rings. The van der Waals surface area contributed by atoms with E-state index in [-0.39, 0.29) is 5.69 Å². The Bertz CT molecular complexity index is 293. The van der Waals surface area contributed by atoms with Gasteiger partial charge in [-0.2, -0.15) is 5.10 Å². The van der Waals surface area contributed by atoms with Crippen molar-refractivity contribution in [1.29, 1.82) is 0 Å². The van der Waals surface area contributed by atoms with Gasteiger partial charge < -0.3 is 10.4 Å². The van der Waals surface area contributed by atoms with E-state index in [2.05, 4.69) is 10.4 Å². The molecule has 0 bridgehead atoms. The van der Waals surface area contributed by atoms with Crippen LogP contribution in [0.15, 0.2) is 6.20 Å². The third-order valence-electron chi connectivity index (χ3n) is 1.47. The lowest BCUT2D eigenvalue weighted by molar-refractivity contribution is 0.0688. The minimum Gasteiger partial charge on any atom is -0.476 e. The molecule has 2 N–H and O–H groups in total. The summed E-state index contributed by atoms with van der Waals surface area (Å²) < 4.78 is 1.50. The zero-order valence-electron chi connectivity index (χ0n) is 7.03. The molecule has 0 amide bonds. The molecule has 1 heterocycles. The summed E-state index contributed by atoms with van der Waals surface area (Å²) in [5.41, 5.74) is 0.819. The topological polar surface area (TPSA) is 67.2 Å². The van der Waals surface area contributed by atoms with Crippen LogP contribution < -0.4 is 5.32 Å². The van der Waals surface area contributed by atoms with Crippen LogP contribution in [0.3, 0.4) is 0 Å². The number of carboxylic acid groups (broad SMARTS) is 1. The number of carbonyl (C=O) groups is 1. The maximum absolute atomic E-state index is 10.6. The van der Waals surface area contributed by atoms with Crippen molar-refractivity contribution in [3.63, 3.8) is 0 Å². The normalized spacial score (nSPS) is 10.2. The Morgan fingerprint density at radius 1 is 1.83 bits per heavy atom. The van der Waals surface area contributed by atoms with Crippen molar-refractivity contribution < 1.29 is 9.90 Å². The highest BCUT2D eigenvalue weighted by molar-refractivity contribution is 5.86. The number of hydrogen-bond donors (Lipinski definition) is 2. The Hall–Kier alpha value is -1.36. The number of aryl methyl sites for hydroxylation is 1. The second kappa shape index (κ2) is 3.36. The maximum atomic E-state index is 10.6. The summed E-state index contributed by atoms with van der Waals surface area (Å²) in [6, 6.07) is 0. The Morgan fingerprint density at radius 2 is 2.50 bits per heavy atom. The SMILES string of the molecule is CNCc1cn(C)nc1C(=O)O. The zero-order valence-corrected chi connectivity index (χ0v) is 7.03. The molecule has 1 aromatic rings. The first kappa shape index (κ1) is 8.73. The van der Waals surface area contributed by atoms with Crippen molar-refractivity contribution >= 4 is 5.97 Å². The predicted molar refractivity (Wildman–Crippen MR) is 42.9 cm³/mol. The monoisotopic (exact) mass is 169 g/mol. The third-order valence-corrected chi connectivity index (χ3v) is 1.47. The van der Waals surface area contributed by atoms with Crippen molar-refractivity contribution in [2.45, 2.75) is 6.54 Å². The van der Waals surface area contributed by atoms with E-state index in [0.717, 1.165) is 0 Å². The van der Waals surface area contributed by atoms with E-state index in [1.54, 1.807) is 20.3 Å². The van der Waals surface area contributed by atoms with E-state index in [0.29, 0.717) is 12.1 Å². The summed E-state index contributed by atoms with van der Waals surface area (Å²) >= 11 is 0. The van der Waals surface area contributed by atoms with Crippen molar-refractivity contribution in [3.05, 3.63) is 17.5 Å². The van der Waals surface area contributed by atoms with Crippen LogP contribution in [0.4, 0.5) is 0 Å². The van der Waals surface area contributed by atoms with Crippen molar-refractivity contribution in [2.24, 2.45) is 7.05 Å². The van der Waals surface area contributed by atoms with E-state index in [4.69, 9.17) is 5.11 Å². The van der Waals surface area contributed by atoms with Gasteiger partial charge in [0, 0.05) is 25.4 Å². The minimum absolute atomic E-state index is 0.117. The highest BCUT2D eigenvalue weighted by atomic mass is 16.4. The molecule has 0 aliphatic rings. The lowest BCUT2D eigenvalue weighted by Gasteiger charge is -1.94.